The van der Waals surface area contributed by atoms with E-state index in [0.29, 0.717) is 0 Å². The first kappa shape index (κ1) is 15.8. The van der Waals surface area contributed by atoms with Crippen LogP contribution in [-0.2, 0) is 10.0 Å². The zero-order valence-electron chi connectivity index (χ0n) is 11.4. The summed E-state index contributed by atoms with van der Waals surface area (Å²) >= 11 is 0. The van der Waals surface area contributed by atoms with E-state index in [-0.39, 0.29) is 21.9 Å². The van der Waals surface area contributed by atoms with Gasteiger partial charge >= 0.3 is 5.97 Å². The Balaban J connectivity index is 2.35. The van der Waals surface area contributed by atoms with E-state index in [4.69, 9.17) is 9.84 Å². The molecule has 6 nitrogen and oxygen atoms in total. The van der Waals surface area contributed by atoms with Crippen LogP contribution in [0.2, 0.25) is 0 Å². The highest BCUT2D eigenvalue weighted by Crippen LogP contribution is 2.26. The van der Waals surface area contributed by atoms with E-state index in [1.54, 1.807) is 0 Å². The summed E-state index contributed by atoms with van der Waals surface area (Å²) in [5.41, 5.74) is 0.169. The van der Waals surface area contributed by atoms with Crippen molar-refractivity contribution in [1.29, 1.82) is 0 Å². The molecule has 0 saturated carbocycles. The minimum absolute atomic E-state index is 0.00365. The van der Waals surface area contributed by atoms with Crippen molar-refractivity contribution in [2.75, 3.05) is 11.8 Å². The molecule has 22 heavy (non-hydrogen) atoms. The maximum atomic E-state index is 13.3. The molecule has 0 atom stereocenters. The molecule has 0 radical (unpaired) electrons. The summed E-state index contributed by atoms with van der Waals surface area (Å²) in [6.45, 7) is 0. The largest absolute Gasteiger partial charge is 0.495 e. The second-order valence-corrected chi connectivity index (χ2v) is 5.93. The van der Waals surface area contributed by atoms with Gasteiger partial charge < -0.3 is 9.84 Å². The molecule has 2 aromatic rings. The lowest BCUT2D eigenvalue weighted by molar-refractivity contribution is 0.0697. The van der Waals surface area contributed by atoms with Crippen molar-refractivity contribution in [2.24, 2.45) is 0 Å². The molecule has 8 heteroatoms. The standard InChI is InChI=1S/C14H12FNO5S/c1-21-12-7-4-10(15)8-13(12)22(19,20)16-11-5-2-9(3-6-11)14(17)18/h2-8,16H,1H3,(H,17,18). The molecular formula is C14H12FNO5S. The van der Waals surface area contributed by atoms with E-state index < -0.39 is 21.8 Å². The number of rotatable bonds is 5. The Morgan fingerprint density at radius 1 is 1.18 bits per heavy atom. The second kappa shape index (κ2) is 6.02. The Labute approximate surface area is 126 Å². The number of sulfonamides is 1. The molecule has 116 valence electrons. The molecule has 0 heterocycles. The van der Waals surface area contributed by atoms with Crippen LogP contribution in [-0.4, -0.2) is 26.6 Å². The molecule has 0 spiro atoms. The predicted octanol–water partition coefficient (Wildman–Crippen LogP) is 2.33. The van der Waals surface area contributed by atoms with Gasteiger partial charge in [0.1, 0.15) is 16.5 Å². The van der Waals surface area contributed by atoms with Crippen LogP contribution in [0.4, 0.5) is 10.1 Å². The average Bonchev–Trinajstić information content (AvgIpc) is 2.47. The van der Waals surface area contributed by atoms with Crippen molar-refractivity contribution in [3.63, 3.8) is 0 Å². The first-order valence-electron chi connectivity index (χ1n) is 6.03. The lowest BCUT2D eigenvalue weighted by atomic mass is 10.2. The van der Waals surface area contributed by atoms with Crippen LogP contribution >= 0.6 is 0 Å². The van der Waals surface area contributed by atoms with Crippen molar-refractivity contribution in [1.82, 2.24) is 0 Å². The summed E-state index contributed by atoms with van der Waals surface area (Å²) in [5.74, 6) is -1.85. The van der Waals surface area contributed by atoms with Gasteiger partial charge in [-0.15, -0.1) is 0 Å². The van der Waals surface area contributed by atoms with E-state index >= 15 is 0 Å². The topological polar surface area (TPSA) is 92.7 Å². The summed E-state index contributed by atoms with van der Waals surface area (Å²) in [6, 6.07) is 8.23. The average molecular weight is 325 g/mol. The zero-order valence-corrected chi connectivity index (χ0v) is 12.2. The van der Waals surface area contributed by atoms with Crippen molar-refractivity contribution in [3.8, 4) is 5.75 Å². The summed E-state index contributed by atoms with van der Waals surface area (Å²) in [4.78, 5) is 10.4. The van der Waals surface area contributed by atoms with E-state index in [1.165, 1.54) is 37.4 Å². The quantitative estimate of drug-likeness (QED) is 0.880. The van der Waals surface area contributed by atoms with Crippen LogP contribution < -0.4 is 9.46 Å². The van der Waals surface area contributed by atoms with Crippen molar-refractivity contribution < 1.29 is 27.4 Å². The minimum Gasteiger partial charge on any atom is -0.495 e. The van der Waals surface area contributed by atoms with Gasteiger partial charge in [-0.3, -0.25) is 4.72 Å². The predicted molar refractivity (Wildman–Crippen MR) is 77.2 cm³/mol. The number of anilines is 1. The number of carbonyl (C=O) groups is 1. The fraction of sp³-hybridized carbons (Fsp3) is 0.0714. The molecular weight excluding hydrogens is 313 g/mol. The Kier molecular flexibility index (Phi) is 4.32. The number of benzene rings is 2. The smallest absolute Gasteiger partial charge is 0.335 e. The van der Waals surface area contributed by atoms with Gasteiger partial charge in [0, 0.05) is 5.69 Å². The van der Waals surface area contributed by atoms with Crippen molar-refractivity contribution in [2.45, 2.75) is 4.90 Å². The molecule has 0 aromatic heterocycles. The number of carboxylic acid groups (broad SMARTS) is 1. The van der Waals surface area contributed by atoms with Crippen LogP contribution in [0, 0.1) is 5.82 Å². The van der Waals surface area contributed by atoms with Gasteiger partial charge in [0.25, 0.3) is 10.0 Å². The SMILES string of the molecule is COc1ccc(F)cc1S(=O)(=O)Nc1ccc(C(=O)O)cc1. The Morgan fingerprint density at radius 2 is 1.82 bits per heavy atom. The van der Waals surface area contributed by atoms with E-state index in [2.05, 4.69) is 4.72 Å². The number of hydrogen-bond acceptors (Lipinski definition) is 4. The second-order valence-electron chi connectivity index (χ2n) is 4.28. The van der Waals surface area contributed by atoms with Crippen molar-refractivity contribution in [3.05, 3.63) is 53.8 Å². The number of halogens is 1. The van der Waals surface area contributed by atoms with Crippen LogP contribution in [0.3, 0.4) is 0 Å². The van der Waals surface area contributed by atoms with Crippen LogP contribution in [0.15, 0.2) is 47.4 Å². The highest BCUT2D eigenvalue weighted by molar-refractivity contribution is 7.92. The van der Waals surface area contributed by atoms with Crippen LogP contribution in [0.5, 0.6) is 5.75 Å². The molecule has 0 amide bonds. The molecule has 0 saturated heterocycles. The molecule has 0 aliphatic rings. The Hall–Kier alpha value is -2.61. The summed E-state index contributed by atoms with van der Waals surface area (Å²) < 4.78 is 45.0. The third-order valence-corrected chi connectivity index (χ3v) is 4.20. The third-order valence-electron chi connectivity index (χ3n) is 2.80. The normalized spacial score (nSPS) is 11.0. The number of ether oxygens (including phenoxy) is 1. The lowest BCUT2D eigenvalue weighted by Gasteiger charge is -2.11. The van der Waals surface area contributed by atoms with Gasteiger partial charge in [-0.2, -0.15) is 0 Å². The Morgan fingerprint density at radius 3 is 2.36 bits per heavy atom. The number of aromatic carboxylic acids is 1. The first-order valence-corrected chi connectivity index (χ1v) is 7.51. The minimum atomic E-state index is -4.07. The number of methoxy groups -OCH3 is 1. The zero-order chi connectivity index (χ0) is 16.3. The fourth-order valence-corrected chi connectivity index (χ4v) is 2.99. The molecule has 0 fully saturated rings. The third kappa shape index (κ3) is 3.34. The molecule has 0 bridgehead atoms. The molecule has 0 aliphatic heterocycles. The van der Waals surface area contributed by atoms with E-state index in [0.717, 1.165) is 12.1 Å². The highest BCUT2D eigenvalue weighted by atomic mass is 32.2. The van der Waals surface area contributed by atoms with Crippen LogP contribution in [0.25, 0.3) is 0 Å². The van der Waals surface area contributed by atoms with Gasteiger partial charge in [0.05, 0.1) is 12.7 Å². The van der Waals surface area contributed by atoms with Gasteiger partial charge in [-0.05, 0) is 42.5 Å². The van der Waals surface area contributed by atoms with Gasteiger partial charge in [-0.1, -0.05) is 0 Å². The maximum Gasteiger partial charge on any atom is 0.335 e. The van der Waals surface area contributed by atoms with Crippen LogP contribution in [0.1, 0.15) is 10.4 Å². The number of nitrogens with one attached hydrogen (secondary N) is 1. The first-order chi connectivity index (χ1) is 10.3. The van der Waals surface area contributed by atoms with Crippen molar-refractivity contribution >= 4 is 21.7 Å². The summed E-state index contributed by atoms with van der Waals surface area (Å²) in [5, 5.41) is 8.79. The Bertz CT molecular complexity index is 802. The van der Waals surface area contributed by atoms with Gasteiger partial charge in [0.2, 0.25) is 0 Å². The molecule has 0 aliphatic carbocycles. The fourth-order valence-electron chi connectivity index (χ4n) is 1.75. The summed E-state index contributed by atoms with van der Waals surface area (Å²) in [6.07, 6.45) is 0. The lowest BCUT2D eigenvalue weighted by Crippen LogP contribution is -2.14. The number of hydrogen-bond donors (Lipinski definition) is 2. The maximum absolute atomic E-state index is 13.3. The molecule has 2 N–H and O–H groups in total. The van der Waals surface area contributed by atoms with Gasteiger partial charge in [0.15, 0.2) is 0 Å². The molecule has 2 rings (SSSR count). The molecule has 2 aromatic carbocycles. The van der Waals surface area contributed by atoms with Gasteiger partial charge in [-0.25, -0.2) is 17.6 Å². The van der Waals surface area contributed by atoms with E-state index in [9.17, 15) is 17.6 Å². The molecule has 0 unspecified atom stereocenters. The summed E-state index contributed by atoms with van der Waals surface area (Å²) in [7, 11) is -2.80. The monoisotopic (exact) mass is 325 g/mol. The number of carboxylic acids is 1. The highest BCUT2D eigenvalue weighted by Gasteiger charge is 2.20. The van der Waals surface area contributed by atoms with E-state index in [1.807, 2.05) is 0 Å².